The Morgan fingerprint density at radius 3 is 2.32 bits per heavy atom. The van der Waals surface area contributed by atoms with E-state index < -0.39 is 0 Å². The van der Waals surface area contributed by atoms with E-state index in [9.17, 15) is 5.11 Å². The number of hydrogen-bond acceptors (Lipinski definition) is 5. The number of hydrogen-bond donors (Lipinski definition) is 3. The van der Waals surface area contributed by atoms with Crippen LogP contribution < -0.4 is 10.6 Å². The zero-order valence-corrected chi connectivity index (χ0v) is 12.5. The quantitative estimate of drug-likeness (QED) is 0.674. The molecule has 19 heavy (non-hydrogen) atoms. The Labute approximate surface area is 115 Å². The molecule has 3 N–H and O–H groups in total. The van der Waals surface area contributed by atoms with Crippen molar-refractivity contribution in [2.45, 2.75) is 53.1 Å². The molecule has 1 rings (SSSR count). The van der Waals surface area contributed by atoms with Crippen LogP contribution in [0.25, 0.3) is 0 Å². The molecule has 1 atom stereocenters. The second-order valence-corrected chi connectivity index (χ2v) is 4.81. The van der Waals surface area contributed by atoms with Gasteiger partial charge in [0.25, 0.3) is 0 Å². The fraction of sp³-hybridized carbons (Fsp3) is 0.714. The molecule has 0 aliphatic rings. The minimum absolute atomic E-state index is 0.294. The van der Waals surface area contributed by atoms with E-state index in [0.717, 1.165) is 42.4 Å². The number of aliphatic hydroxyl groups is 1. The fourth-order valence-electron chi connectivity index (χ4n) is 1.81. The molecule has 5 heteroatoms. The van der Waals surface area contributed by atoms with Crippen molar-refractivity contribution in [1.82, 2.24) is 9.97 Å². The predicted molar refractivity (Wildman–Crippen MR) is 79.7 cm³/mol. The Hall–Kier alpha value is -1.36. The second kappa shape index (κ2) is 7.94. The summed E-state index contributed by atoms with van der Waals surface area (Å²) in [4.78, 5) is 9.10. The monoisotopic (exact) mass is 266 g/mol. The Morgan fingerprint density at radius 2 is 1.79 bits per heavy atom. The zero-order chi connectivity index (χ0) is 14.3. The van der Waals surface area contributed by atoms with E-state index in [1.165, 1.54) is 0 Å². The Kier molecular flexibility index (Phi) is 6.56. The van der Waals surface area contributed by atoms with Crippen LogP contribution in [0, 0.1) is 6.92 Å². The highest BCUT2D eigenvalue weighted by Gasteiger charge is 2.10. The highest BCUT2D eigenvalue weighted by atomic mass is 16.3. The fourth-order valence-corrected chi connectivity index (χ4v) is 1.81. The van der Waals surface area contributed by atoms with Crippen LogP contribution in [0.1, 0.15) is 45.0 Å². The lowest BCUT2D eigenvalue weighted by Crippen LogP contribution is -2.14. The third-order valence-corrected chi connectivity index (χ3v) is 2.86. The van der Waals surface area contributed by atoms with E-state index in [0.29, 0.717) is 13.0 Å². The number of nitrogens with one attached hydrogen (secondary N) is 2. The number of anilines is 2. The van der Waals surface area contributed by atoms with Gasteiger partial charge >= 0.3 is 0 Å². The second-order valence-electron chi connectivity index (χ2n) is 4.81. The van der Waals surface area contributed by atoms with Crippen molar-refractivity contribution in [1.29, 1.82) is 0 Å². The van der Waals surface area contributed by atoms with Gasteiger partial charge in [0.05, 0.1) is 6.10 Å². The Bertz CT molecular complexity index is 393. The maximum atomic E-state index is 9.29. The van der Waals surface area contributed by atoms with Gasteiger partial charge in [0, 0.05) is 25.1 Å². The van der Waals surface area contributed by atoms with Crippen LogP contribution in [0.3, 0.4) is 0 Å². The molecule has 5 nitrogen and oxygen atoms in total. The van der Waals surface area contributed by atoms with Crippen LogP contribution in [0.2, 0.25) is 0 Å². The average molecular weight is 266 g/mol. The molecule has 0 aliphatic heterocycles. The van der Waals surface area contributed by atoms with Gasteiger partial charge in [-0.1, -0.05) is 6.92 Å². The summed E-state index contributed by atoms with van der Waals surface area (Å²) in [5, 5.41) is 15.9. The van der Waals surface area contributed by atoms with E-state index >= 15 is 0 Å². The van der Waals surface area contributed by atoms with Gasteiger partial charge in [0.1, 0.15) is 17.5 Å². The normalized spacial score (nSPS) is 12.3. The molecule has 1 aromatic rings. The smallest absolute Gasteiger partial charge is 0.134 e. The van der Waals surface area contributed by atoms with Crippen molar-refractivity contribution < 1.29 is 5.11 Å². The summed E-state index contributed by atoms with van der Waals surface area (Å²) in [6.07, 6.45) is 2.33. The van der Waals surface area contributed by atoms with Crippen LogP contribution in [0.4, 0.5) is 11.6 Å². The molecule has 1 heterocycles. The summed E-state index contributed by atoms with van der Waals surface area (Å²) in [7, 11) is 0. The van der Waals surface area contributed by atoms with Crippen LogP contribution in [-0.2, 0) is 6.42 Å². The molecule has 0 aromatic carbocycles. The Morgan fingerprint density at radius 1 is 1.16 bits per heavy atom. The standard InChI is InChI=1S/C14H26N4O/c1-5-7-12-17-13(15-6-2)11(4)14(18-12)16-9-8-10(3)19/h10,19H,5-9H2,1-4H3,(H2,15,16,17,18). The lowest BCUT2D eigenvalue weighted by atomic mass is 10.2. The highest BCUT2D eigenvalue weighted by molar-refractivity contribution is 5.57. The third-order valence-electron chi connectivity index (χ3n) is 2.86. The number of aryl methyl sites for hydroxylation is 1. The van der Waals surface area contributed by atoms with E-state index in [4.69, 9.17) is 0 Å². The third kappa shape index (κ3) is 5.03. The van der Waals surface area contributed by atoms with Crippen molar-refractivity contribution in [3.63, 3.8) is 0 Å². The number of nitrogens with zero attached hydrogens (tertiary/aromatic N) is 2. The topological polar surface area (TPSA) is 70.1 Å². The lowest BCUT2D eigenvalue weighted by Gasteiger charge is -2.15. The van der Waals surface area contributed by atoms with E-state index in [2.05, 4.69) is 34.4 Å². The van der Waals surface area contributed by atoms with Crippen molar-refractivity contribution in [2.24, 2.45) is 0 Å². The molecule has 0 fully saturated rings. The molecular formula is C14H26N4O. The molecule has 1 unspecified atom stereocenters. The SMILES string of the molecule is CCCc1nc(NCC)c(C)c(NCCC(C)O)n1. The predicted octanol–water partition coefficient (Wildman–Crippen LogP) is 2.35. The van der Waals surface area contributed by atoms with Gasteiger partial charge in [-0.05, 0) is 33.6 Å². The minimum Gasteiger partial charge on any atom is -0.393 e. The molecule has 0 spiro atoms. The molecule has 0 radical (unpaired) electrons. The molecule has 0 saturated heterocycles. The van der Waals surface area contributed by atoms with Crippen LogP contribution in [-0.4, -0.2) is 34.3 Å². The maximum Gasteiger partial charge on any atom is 0.134 e. The average Bonchev–Trinajstić information content (AvgIpc) is 2.34. The number of aromatic nitrogens is 2. The van der Waals surface area contributed by atoms with Gasteiger partial charge in [-0.15, -0.1) is 0 Å². The van der Waals surface area contributed by atoms with Gasteiger partial charge in [-0.3, -0.25) is 0 Å². The molecule has 0 bridgehead atoms. The number of aliphatic hydroxyl groups excluding tert-OH is 1. The molecule has 1 aromatic heterocycles. The Balaban J connectivity index is 2.86. The summed E-state index contributed by atoms with van der Waals surface area (Å²) in [6.45, 7) is 9.54. The van der Waals surface area contributed by atoms with Crippen LogP contribution >= 0.6 is 0 Å². The molecular weight excluding hydrogens is 240 g/mol. The molecule has 0 saturated carbocycles. The molecule has 0 amide bonds. The van der Waals surface area contributed by atoms with E-state index in [1.54, 1.807) is 6.92 Å². The first-order valence-corrected chi connectivity index (χ1v) is 7.11. The highest BCUT2D eigenvalue weighted by Crippen LogP contribution is 2.20. The molecule has 0 aliphatic carbocycles. The summed E-state index contributed by atoms with van der Waals surface area (Å²) in [5.74, 6) is 2.64. The first kappa shape index (κ1) is 15.7. The summed E-state index contributed by atoms with van der Waals surface area (Å²) >= 11 is 0. The zero-order valence-electron chi connectivity index (χ0n) is 12.5. The largest absolute Gasteiger partial charge is 0.393 e. The van der Waals surface area contributed by atoms with Gasteiger partial charge in [0.15, 0.2) is 0 Å². The minimum atomic E-state index is -0.294. The van der Waals surface area contributed by atoms with Crippen molar-refractivity contribution in [3.8, 4) is 0 Å². The van der Waals surface area contributed by atoms with Crippen molar-refractivity contribution in [3.05, 3.63) is 11.4 Å². The van der Waals surface area contributed by atoms with Crippen LogP contribution in [0.15, 0.2) is 0 Å². The van der Waals surface area contributed by atoms with Gasteiger partial charge < -0.3 is 15.7 Å². The molecule has 108 valence electrons. The van der Waals surface area contributed by atoms with E-state index in [-0.39, 0.29) is 6.10 Å². The summed E-state index contributed by atoms with van der Waals surface area (Å²) < 4.78 is 0. The first-order valence-electron chi connectivity index (χ1n) is 7.11. The van der Waals surface area contributed by atoms with Crippen LogP contribution in [0.5, 0.6) is 0 Å². The summed E-state index contributed by atoms with van der Waals surface area (Å²) in [5.41, 5.74) is 1.03. The van der Waals surface area contributed by atoms with E-state index in [1.807, 2.05) is 6.92 Å². The first-order chi connectivity index (χ1) is 9.08. The van der Waals surface area contributed by atoms with Gasteiger partial charge in [-0.2, -0.15) is 0 Å². The van der Waals surface area contributed by atoms with Crippen molar-refractivity contribution >= 4 is 11.6 Å². The number of rotatable bonds is 8. The lowest BCUT2D eigenvalue weighted by molar-refractivity contribution is 0.188. The van der Waals surface area contributed by atoms with Gasteiger partial charge in [0.2, 0.25) is 0 Å². The van der Waals surface area contributed by atoms with Crippen molar-refractivity contribution in [2.75, 3.05) is 23.7 Å². The maximum absolute atomic E-state index is 9.29. The summed E-state index contributed by atoms with van der Waals surface area (Å²) in [6, 6.07) is 0. The van der Waals surface area contributed by atoms with Gasteiger partial charge in [-0.25, -0.2) is 9.97 Å².